The van der Waals surface area contributed by atoms with Crippen molar-refractivity contribution in [3.05, 3.63) is 57.8 Å². The number of nitrogens with zero attached hydrogens (tertiary/aromatic N) is 4. The largest absolute Gasteiger partial charge is 0.341 e. The highest BCUT2D eigenvalue weighted by atomic mass is 35.5. The van der Waals surface area contributed by atoms with E-state index < -0.39 is 10.0 Å². The molecule has 0 unspecified atom stereocenters. The van der Waals surface area contributed by atoms with Crippen molar-refractivity contribution in [3.63, 3.8) is 0 Å². The van der Waals surface area contributed by atoms with E-state index in [0.29, 0.717) is 35.1 Å². The fraction of sp³-hybridized carbons (Fsp3) is 0.364. The molecule has 172 valence electrons. The van der Waals surface area contributed by atoms with Crippen LogP contribution in [0.15, 0.2) is 41.3 Å². The zero-order valence-corrected chi connectivity index (χ0v) is 20.8. The minimum Gasteiger partial charge on any atom is -0.341 e. The lowest BCUT2D eigenvalue weighted by Crippen LogP contribution is -2.26. The molecule has 0 fully saturated rings. The normalized spacial score (nSPS) is 12.0. The molecule has 0 N–H and O–H groups in total. The van der Waals surface area contributed by atoms with E-state index in [2.05, 4.69) is 4.98 Å². The maximum Gasteiger partial charge on any atom is 0.242 e. The summed E-state index contributed by atoms with van der Waals surface area (Å²) in [6, 6.07) is 10.1. The Morgan fingerprint density at radius 2 is 1.81 bits per heavy atom. The summed E-state index contributed by atoms with van der Waals surface area (Å²) >= 11 is 12.2. The SMILES string of the molecule is CCn1c(CCC(=O)N(C)Cc2ccc(Cl)cc2Cl)nc2cc(S(=O)(=O)N(C)C)ccc21. The summed E-state index contributed by atoms with van der Waals surface area (Å²) in [4.78, 5) is 19.2. The van der Waals surface area contributed by atoms with E-state index in [1.54, 1.807) is 42.3 Å². The van der Waals surface area contributed by atoms with Crippen LogP contribution in [0.4, 0.5) is 0 Å². The van der Waals surface area contributed by atoms with Crippen molar-refractivity contribution < 1.29 is 13.2 Å². The number of fused-ring (bicyclic) bond motifs is 1. The molecule has 0 aliphatic carbocycles. The van der Waals surface area contributed by atoms with Gasteiger partial charge in [-0.1, -0.05) is 29.3 Å². The lowest BCUT2D eigenvalue weighted by molar-refractivity contribution is -0.130. The molecule has 3 aromatic rings. The van der Waals surface area contributed by atoms with Gasteiger partial charge in [0, 0.05) is 57.1 Å². The second-order valence-corrected chi connectivity index (χ2v) is 10.7. The predicted molar refractivity (Wildman–Crippen MR) is 128 cm³/mol. The molecule has 0 saturated heterocycles. The standard InChI is InChI=1S/C22H26Cl2N4O3S/c1-5-28-20-9-8-17(32(30,31)26(2)3)13-19(20)25-21(28)10-11-22(29)27(4)14-15-6-7-16(23)12-18(15)24/h6-9,12-13H,5,10-11,14H2,1-4H3. The Hall–Kier alpha value is -2.13. The Balaban J connectivity index is 1.77. The van der Waals surface area contributed by atoms with E-state index >= 15 is 0 Å². The Morgan fingerprint density at radius 1 is 1.09 bits per heavy atom. The van der Waals surface area contributed by atoms with E-state index in [-0.39, 0.29) is 17.2 Å². The lowest BCUT2D eigenvalue weighted by atomic mass is 10.2. The highest BCUT2D eigenvalue weighted by Crippen LogP contribution is 2.24. The number of imidazole rings is 1. The average Bonchev–Trinajstić information content (AvgIpc) is 3.10. The molecule has 0 atom stereocenters. The number of carbonyl (C=O) groups excluding carboxylic acids is 1. The number of sulfonamides is 1. The lowest BCUT2D eigenvalue weighted by Gasteiger charge is -2.18. The molecule has 1 amide bonds. The van der Waals surface area contributed by atoms with Gasteiger partial charge in [0.25, 0.3) is 0 Å². The summed E-state index contributed by atoms with van der Waals surface area (Å²) < 4.78 is 28.1. The minimum atomic E-state index is -3.55. The highest BCUT2D eigenvalue weighted by molar-refractivity contribution is 7.89. The van der Waals surface area contributed by atoms with Crippen molar-refractivity contribution in [2.24, 2.45) is 0 Å². The number of aromatic nitrogens is 2. The molecule has 0 saturated carbocycles. The second kappa shape index (κ2) is 9.79. The molecule has 0 aliphatic rings. The zero-order chi connectivity index (χ0) is 23.6. The van der Waals surface area contributed by atoms with Crippen LogP contribution < -0.4 is 0 Å². The Labute approximate surface area is 198 Å². The number of halogens is 2. The monoisotopic (exact) mass is 496 g/mol. The summed E-state index contributed by atoms with van der Waals surface area (Å²) in [7, 11) is 1.17. The van der Waals surface area contributed by atoms with Crippen LogP contribution in [0.25, 0.3) is 11.0 Å². The first-order valence-electron chi connectivity index (χ1n) is 10.1. The van der Waals surface area contributed by atoms with Gasteiger partial charge in [0.05, 0.1) is 15.9 Å². The number of rotatable bonds is 8. The third-order valence-corrected chi connectivity index (χ3v) is 7.70. The van der Waals surface area contributed by atoms with Crippen LogP contribution in [0.5, 0.6) is 0 Å². The van der Waals surface area contributed by atoms with Crippen LogP contribution in [0.2, 0.25) is 10.0 Å². The van der Waals surface area contributed by atoms with Gasteiger partial charge in [-0.25, -0.2) is 17.7 Å². The van der Waals surface area contributed by atoms with Gasteiger partial charge in [0.15, 0.2) is 0 Å². The molecule has 0 aliphatic heterocycles. The first-order chi connectivity index (χ1) is 15.0. The fourth-order valence-corrected chi connectivity index (χ4v) is 4.87. The molecule has 3 rings (SSSR count). The van der Waals surface area contributed by atoms with E-state index in [1.807, 2.05) is 17.6 Å². The predicted octanol–water partition coefficient (Wildman–Crippen LogP) is 4.20. The summed E-state index contributed by atoms with van der Waals surface area (Å²) in [5.74, 6) is 0.703. The van der Waals surface area contributed by atoms with Crippen LogP contribution in [0.3, 0.4) is 0 Å². The summed E-state index contributed by atoms with van der Waals surface area (Å²) in [6.07, 6.45) is 0.712. The number of hydrogen-bond acceptors (Lipinski definition) is 4. The van der Waals surface area contributed by atoms with Crippen LogP contribution >= 0.6 is 23.2 Å². The van der Waals surface area contributed by atoms with Gasteiger partial charge in [0.1, 0.15) is 5.82 Å². The molecule has 0 spiro atoms. The van der Waals surface area contributed by atoms with Gasteiger partial charge in [-0.05, 0) is 42.8 Å². The van der Waals surface area contributed by atoms with Gasteiger partial charge in [-0.15, -0.1) is 0 Å². The van der Waals surface area contributed by atoms with Crippen molar-refractivity contribution >= 4 is 50.2 Å². The van der Waals surface area contributed by atoms with Crippen molar-refractivity contribution in [2.45, 2.75) is 37.8 Å². The first-order valence-corrected chi connectivity index (χ1v) is 12.3. The molecule has 0 radical (unpaired) electrons. The molecule has 2 aromatic carbocycles. The Bertz CT molecular complexity index is 1260. The maximum absolute atomic E-state index is 12.7. The number of hydrogen-bond donors (Lipinski definition) is 0. The summed E-state index contributed by atoms with van der Waals surface area (Å²) in [5.41, 5.74) is 2.26. The highest BCUT2D eigenvalue weighted by Gasteiger charge is 2.20. The third-order valence-electron chi connectivity index (χ3n) is 5.30. The molecule has 32 heavy (non-hydrogen) atoms. The molecule has 1 heterocycles. The second-order valence-electron chi connectivity index (χ2n) is 7.70. The summed E-state index contributed by atoms with van der Waals surface area (Å²) in [5, 5.41) is 1.07. The molecule has 10 heteroatoms. The van der Waals surface area contributed by atoms with Crippen molar-refractivity contribution in [3.8, 4) is 0 Å². The number of carbonyl (C=O) groups is 1. The maximum atomic E-state index is 12.7. The quantitative estimate of drug-likeness (QED) is 0.468. The topological polar surface area (TPSA) is 75.5 Å². The Morgan fingerprint density at radius 3 is 2.44 bits per heavy atom. The minimum absolute atomic E-state index is 0.0402. The van der Waals surface area contributed by atoms with Gasteiger partial charge in [-0.3, -0.25) is 4.79 Å². The molecule has 0 bridgehead atoms. The van der Waals surface area contributed by atoms with Crippen molar-refractivity contribution in [2.75, 3.05) is 21.1 Å². The van der Waals surface area contributed by atoms with Crippen LogP contribution in [0.1, 0.15) is 24.7 Å². The zero-order valence-electron chi connectivity index (χ0n) is 18.5. The number of benzene rings is 2. The van der Waals surface area contributed by atoms with E-state index in [0.717, 1.165) is 16.9 Å². The molecular weight excluding hydrogens is 471 g/mol. The number of aryl methyl sites for hydroxylation is 2. The molecular formula is C22H26Cl2N4O3S. The van der Waals surface area contributed by atoms with Crippen molar-refractivity contribution in [1.82, 2.24) is 18.8 Å². The van der Waals surface area contributed by atoms with Crippen LogP contribution in [-0.2, 0) is 34.3 Å². The third kappa shape index (κ3) is 5.09. The smallest absolute Gasteiger partial charge is 0.242 e. The van der Waals surface area contributed by atoms with Crippen LogP contribution in [-0.4, -0.2) is 54.2 Å². The van der Waals surface area contributed by atoms with Crippen molar-refractivity contribution in [1.29, 1.82) is 0 Å². The fourth-order valence-electron chi connectivity index (χ4n) is 3.48. The summed E-state index contributed by atoms with van der Waals surface area (Å²) in [6.45, 7) is 3.03. The first kappa shape index (κ1) is 24.5. The van der Waals surface area contributed by atoms with E-state index in [9.17, 15) is 13.2 Å². The Kier molecular flexibility index (Phi) is 7.50. The van der Waals surface area contributed by atoms with Gasteiger partial charge in [0.2, 0.25) is 15.9 Å². The molecule has 1 aromatic heterocycles. The average molecular weight is 497 g/mol. The molecule has 7 nitrogen and oxygen atoms in total. The van der Waals surface area contributed by atoms with E-state index in [1.165, 1.54) is 18.4 Å². The number of amides is 1. The van der Waals surface area contributed by atoms with Crippen LogP contribution in [0, 0.1) is 0 Å². The van der Waals surface area contributed by atoms with Gasteiger partial charge >= 0.3 is 0 Å². The van der Waals surface area contributed by atoms with E-state index in [4.69, 9.17) is 23.2 Å². The van der Waals surface area contributed by atoms with Gasteiger partial charge < -0.3 is 9.47 Å². The van der Waals surface area contributed by atoms with Gasteiger partial charge in [-0.2, -0.15) is 0 Å².